The van der Waals surface area contributed by atoms with Gasteiger partial charge in [-0.15, -0.1) is 10.2 Å². The highest BCUT2D eigenvalue weighted by atomic mass is 16.5. The number of methoxy groups -OCH3 is 1. The Balaban J connectivity index is 1.68. The van der Waals surface area contributed by atoms with Gasteiger partial charge in [0.25, 0.3) is 5.91 Å². The molecule has 1 aliphatic carbocycles. The molecule has 4 rings (SSSR count). The van der Waals surface area contributed by atoms with Crippen LogP contribution < -0.4 is 26.0 Å². The summed E-state index contributed by atoms with van der Waals surface area (Å²) in [6.07, 6.45) is 1.55. The van der Waals surface area contributed by atoms with Crippen molar-refractivity contribution in [2.45, 2.75) is 26.3 Å². The molecular weight excluding hydrogens is 456 g/mol. The fourth-order valence-electron chi connectivity index (χ4n) is 3.16. The van der Waals surface area contributed by atoms with Crippen LogP contribution in [-0.2, 0) is 16.1 Å². The van der Waals surface area contributed by atoms with Crippen LogP contribution in [0, 0.1) is 5.92 Å². The molecule has 3 amide bonds. The van der Waals surface area contributed by atoms with E-state index in [4.69, 9.17) is 13.4 Å². The van der Waals surface area contributed by atoms with Crippen LogP contribution in [0.25, 0.3) is 11.4 Å². The molecule has 0 unspecified atom stereocenters. The number of nitrogens with one attached hydrogen (secondary N) is 4. The van der Waals surface area contributed by atoms with Crippen molar-refractivity contribution in [2.24, 2.45) is 5.92 Å². The molecule has 2 heterocycles. The van der Waals surface area contributed by atoms with Gasteiger partial charge in [0, 0.05) is 30.0 Å². The molecule has 13 nitrogen and oxygen atoms in total. The quantitative estimate of drug-likeness (QED) is 0.350. The van der Waals surface area contributed by atoms with Crippen molar-refractivity contribution in [3.8, 4) is 17.1 Å². The molecule has 1 fully saturated rings. The van der Waals surface area contributed by atoms with Gasteiger partial charge in [-0.05, 0) is 25.0 Å². The predicted octanol–water partition coefficient (Wildman–Crippen LogP) is 1.62. The van der Waals surface area contributed by atoms with E-state index in [1.807, 2.05) is 5.32 Å². The van der Waals surface area contributed by atoms with Crippen molar-refractivity contribution in [1.82, 2.24) is 31.0 Å². The maximum atomic E-state index is 12.7. The van der Waals surface area contributed by atoms with Gasteiger partial charge in [0.1, 0.15) is 0 Å². The largest absolute Gasteiger partial charge is 0.494 e. The Kier molecular flexibility index (Phi) is 5.77. The number of hydrogen-bond acceptors (Lipinski definition) is 10. The van der Waals surface area contributed by atoms with Gasteiger partial charge in [-0.1, -0.05) is 11.2 Å². The van der Waals surface area contributed by atoms with E-state index in [0.29, 0.717) is 11.3 Å². The van der Waals surface area contributed by atoms with Crippen molar-refractivity contribution in [3.05, 3.63) is 35.9 Å². The number of amides is 3. The van der Waals surface area contributed by atoms with Crippen LogP contribution >= 0.6 is 0 Å². The third kappa shape index (κ3) is 5.51. The minimum absolute atomic E-state index is 0.0442. The van der Waals surface area contributed by atoms with Gasteiger partial charge in [-0.2, -0.15) is 4.98 Å². The molecule has 1 aromatic carbocycles. The van der Waals surface area contributed by atoms with Gasteiger partial charge in [0.2, 0.25) is 23.5 Å². The van der Waals surface area contributed by atoms with E-state index >= 15 is 0 Å². The van der Waals surface area contributed by atoms with E-state index in [1.165, 1.54) is 20.1 Å². The predicted molar refractivity (Wildman–Crippen MR) is 124 cm³/mol. The summed E-state index contributed by atoms with van der Waals surface area (Å²) < 4.78 is 32.8. The molecule has 2 aromatic heterocycles. The zero-order valence-electron chi connectivity index (χ0n) is 21.8. The van der Waals surface area contributed by atoms with Gasteiger partial charge in [0.05, 0.1) is 30.6 Å². The Morgan fingerprint density at radius 3 is 2.77 bits per heavy atom. The lowest BCUT2D eigenvalue weighted by molar-refractivity contribution is -0.119. The van der Waals surface area contributed by atoms with Crippen molar-refractivity contribution in [2.75, 3.05) is 24.7 Å². The summed E-state index contributed by atoms with van der Waals surface area (Å²) in [5, 5.41) is 21.7. The molecule has 4 N–H and O–H groups in total. The van der Waals surface area contributed by atoms with Crippen LogP contribution in [0.4, 0.5) is 17.2 Å². The van der Waals surface area contributed by atoms with Crippen LogP contribution in [0.2, 0.25) is 0 Å². The summed E-state index contributed by atoms with van der Waals surface area (Å²) >= 11 is 0. The van der Waals surface area contributed by atoms with E-state index in [0.717, 1.165) is 12.8 Å². The standard InChI is InChI=1S/C22H24N8O5/c1-11(31)24-10-17-27-20(30-35-17)13-5-4-6-14(19(13)34-3)25-15-9-16(26-21(32)12-7-8-12)28-29-18(15)22(33)23-2/h4-6,9,12H,7-8,10H2,1-3H3,(H,23,33)(H,24,31)(H2,25,26,28,32)/i2D3. The van der Waals surface area contributed by atoms with Crippen molar-refractivity contribution in [3.63, 3.8) is 0 Å². The smallest absolute Gasteiger partial charge is 0.273 e. The summed E-state index contributed by atoms with van der Waals surface area (Å²) in [6.45, 7) is -1.36. The Morgan fingerprint density at radius 1 is 1.23 bits per heavy atom. The first-order chi connectivity index (χ1) is 18.0. The second-order valence-corrected chi connectivity index (χ2v) is 7.64. The Hall–Kier alpha value is -4.55. The molecule has 0 atom stereocenters. The lowest BCUT2D eigenvalue weighted by atomic mass is 10.1. The summed E-state index contributed by atoms with van der Waals surface area (Å²) in [5.41, 5.74) is 0.500. The normalized spacial score (nSPS) is 14.2. The van der Waals surface area contributed by atoms with Gasteiger partial charge in [0.15, 0.2) is 17.3 Å². The maximum absolute atomic E-state index is 12.7. The fourth-order valence-corrected chi connectivity index (χ4v) is 3.16. The Labute approximate surface area is 204 Å². The second kappa shape index (κ2) is 10.2. The monoisotopic (exact) mass is 483 g/mol. The lowest BCUT2D eigenvalue weighted by Gasteiger charge is -2.16. The third-order valence-corrected chi connectivity index (χ3v) is 5.01. The highest BCUT2D eigenvalue weighted by Gasteiger charge is 2.30. The number of aromatic nitrogens is 4. The molecule has 1 aliphatic rings. The number of carbonyl (C=O) groups is 3. The lowest BCUT2D eigenvalue weighted by Crippen LogP contribution is -2.22. The summed E-state index contributed by atoms with van der Waals surface area (Å²) in [7, 11) is 1.41. The molecular formula is C22H24N8O5. The Morgan fingerprint density at radius 2 is 2.06 bits per heavy atom. The van der Waals surface area contributed by atoms with E-state index in [2.05, 4.69) is 36.3 Å². The van der Waals surface area contributed by atoms with Crippen LogP contribution in [0.5, 0.6) is 5.75 Å². The molecule has 0 saturated heterocycles. The van der Waals surface area contributed by atoms with E-state index < -0.39 is 12.9 Å². The number of anilines is 3. The minimum Gasteiger partial charge on any atom is -0.494 e. The molecule has 0 spiro atoms. The van der Waals surface area contributed by atoms with Crippen LogP contribution in [0.1, 0.15) is 40.3 Å². The van der Waals surface area contributed by atoms with Crippen molar-refractivity contribution >= 4 is 34.9 Å². The summed E-state index contributed by atoms with van der Waals surface area (Å²) in [6, 6.07) is 6.34. The van der Waals surface area contributed by atoms with Gasteiger partial charge in [-0.25, -0.2) is 0 Å². The number of hydrogen-bond donors (Lipinski definition) is 4. The minimum atomic E-state index is -2.76. The zero-order valence-corrected chi connectivity index (χ0v) is 18.8. The summed E-state index contributed by atoms with van der Waals surface area (Å²) in [5.74, 6) is -0.898. The van der Waals surface area contributed by atoms with E-state index in [9.17, 15) is 14.4 Å². The highest BCUT2D eigenvalue weighted by molar-refractivity contribution is 6.00. The van der Waals surface area contributed by atoms with E-state index in [1.54, 1.807) is 18.2 Å². The third-order valence-electron chi connectivity index (χ3n) is 5.01. The van der Waals surface area contributed by atoms with Gasteiger partial charge < -0.3 is 30.5 Å². The number of carbonyl (C=O) groups excluding carboxylic acids is 3. The van der Waals surface area contributed by atoms with Gasteiger partial charge >= 0.3 is 0 Å². The number of ether oxygens (including phenoxy) is 1. The molecule has 0 aliphatic heterocycles. The number of rotatable bonds is 9. The van der Waals surface area contributed by atoms with Crippen LogP contribution in [-0.4, -0.2) is 52.1 Å². The first kappa shape index (κ1) is 19.9. The van der Waals surface area contributed by atoms with Crippen molar-refractivity contribution in [1.29, 1.82) is 0 Å². The molecule has 35 heavy (non-hydrogen) atoms. The molecule has 1 saturated carbocycles. The second-order valence-electron chi connectivity index (χ2n) is 7.64. The Bertz CT molecular complexity index is 1370. The molecule has 0 bridgehead atoms. The summed E-state index contributed by atoms with van der Waals surface area (Å²) in [4.78, 5) is 40.3. The number of benzene rings is 1. The SMILES string of the molecule is [2H]C([2H])([2H])NC(=O)c1nnc(NC(=O)C2CC2)cc1Nc1cccc(-c2noc(CNC(C)=O)n2)c1OC. The topological polar surface area (TPSA) is 173 Å². The average Bonchev–Trinajstić information content (AvgIpc) is 3.59. The fraction of sp³-hybridized carbons (Fsp3) is 0.318. The van der Waals surface area contributed by atoms with E-state index in [-0.39, 0.29) is 58.9 Å². The molecule has 13 heteroatoms. The molecule has 0 radical (unpaired) electrons. The first-order valence-corrected chi connectivity index (χ1v) is 10.6. The highest BCUT2D eigenvalue weighted by Crippen LogP contribution is 2.37. The van der Waals surface area contributed by atoms with Crippen LogP contribution in [0.15, 0.2) is 28.8 Å². The van der Waals surface area contributed by atoms with Crippen molar-refractivity contribution < 1.29 is 27.8 Å². The zero-order chi connectivity index (χ0) is 27.4. The first-order valence-electron chi connectivity index (χ1n) is 12.1. The van der Waals surface area contributed by atoms with Crippen LogP contribution in [0.3, 0.4) is 0 Å². The number of nitrogens with zero attached hydrogens (tertiary/aromatic N) is 4. The molecule has 3 aromatic rings. The molecule has 182 valence electrons. The van der Waals surface area contributed by atoms with Gasteiger partial charge in [-0.3, -0.25) is 14.4 Å². The maximum Gasteiger partial charge on any atom is 0.273 e. The average molecular weight is 484 g/mol. The number of para-hydroxylation sites is 1.